The summed E-state index contributed by atoms with van der Waals surface area (Å²) < 4.78 is 38.3. The van der Waals surface area contributed by atoms with E-state index in [2.05, 4.69) is 5.32 Å². The van der Waals surface area contributed by atoms with Gasteiger partial charge in [0.2, 0.25) is 0 Å². The SMILES string of the molecule is O=[N+]([O-])c1cc2c(c(C(F)(F)F)c1)CCNC2. The molecule has 0 radical (unpaired) electrons. The van der Waals surface area contributed by atoms with Crippen LogP contribution in [0.1, 0.15) is 16.7 Å². The molecule has 4 nitrogen and oxygen atoms in total. The summed E-state index contributed by atoms with van der Waals surface area (Å²) in [4.78, 5) is 9.78. The van der Waals surface area contributed by atoms with Gasteiger partial charge in [0.1, 0.15) is 0 Å². The summed E-state index contributed by atoms with van der Waals surface area (Å²) in [6.45, 7) is 0.688. The van der Waals surface area contributed by atoms with Gasteiger partial charge in [0.05, 0.1) is 10.5 Å². The quantitative estimate of drug-likeness (QED) is 0.610. The molecule has 1 aromatic rings. The Labute approximate surface area is 94.6 Å². The van der Waals surface area contributed by atoms with Crippen molar-refractivity contribution in [2.24, 2.45) is 0 Å². The smallest absolute Gasteiger partial charge is 0.312 e. The number of halogens is 3. The Morgan fingerprint density at radius 3 is 2.65 bits per heavy atom. The Morgan fingerprint density at radius 2 is 2.06 bits per heavy atom. The van der Waals surface area contributed by atoms with E-state index in [0.717, 1.165) is 0 Å². The first kappa shape index (κ1) is 11.8. The normalized spacial score (nSPS) is 15.5. The summed E-state index contributed by atoms with van der Waals surface area (Å²) in [7, 11) is 0. The first-order valence-corrected chi connectivity index (χ1v) is 4.97. The number of nitrogens with one attached hydrogen (secondary N) is 1. The van der Waals surface area contributed by atoms with Crippen LogP contribution in [-0.2, 0) is 19.1 Å². The topological polar surface area (TPSA) is 55.2 Å². The first-order chi connectivity index (χ1) is 7.89. The lowest BCUT2D eigenvalue weighted by atomic mass is 9.94. The molecule has 0 aromatic heterocycles. The fourth-order valence-corrected chi connectivity index (χ4v) is 1.96. The van der Waals surface area contributed by atoms with Gasteiger partial charge in [0, 0.05) is 18.7 Å². The summed E-state index contributed by atoms with van der Waals surface area (Å²) in [5, 5.41) is 13.5. The van der Waals surface area contributed by atoms with Gasteiger partial charge in [-0.3, -0.25) is 10.1 Å². The minimum Gasteiger partial charge on any atom is -0.312 e. The van der Waals surface area contributed by atoms with Crippen LogP contribution in [0.15, 0.2) is 12.1 Å². The highest BCUT2D eigenvalue weighted by Gasteiger charge is 2.36. The fraction of sp³-hybridized carbons (Fsp3) is 0.400. The maximum Gasteiger partial charge on any atom is 0.416 e. The van der Waals surface area contributed by atoms with Crippen molar-refractivity contribution >= 4 is 5.69 Å². The standard InChI is InChI=1S/C10H9F3N2O2/c11-10(12,13)9-4-7(15(16)17)3-6-5-14-2-1-8(6)9/h3-4,14H,1-2,5H2. The van der Waals surface area contributed by atoms with Crippen molar-refractivity contribution in [3.05, 3.63) is 38.9 Å². The minimum absolute atomic E-state index is 0.168. The van der Waals surface area contributed by atoms with E-state index in [4.69, 9.17) is 0 Å². The van der Waals surface area contributed by atoms with Crippen molar-refractivity contribution in [1.29, 1.82) is 0 Å². The Balaban J connectivity index is 2.62. The van der Waals surface area contributed by atoms with Crippen molar-refractivity contribution in [2.75, 3.05) is 6.54 Å². The molecule has 0 aliphatic carbocycles. The average molecular weight is 246 g/mol. The van der Waals surface area contributed by atoms with Gasteiger partial charge in [-0.15, -0.1) is 0 Å². The zero-order valence-electron chi connectivity index (χ0n) is 8.67. The third kappa shape index (κ3) is 2.23. The summed E-state index contributed by atoms with van der Waals surface area (Å²) in [5.74, 6) is 0. The summed E-state index contributed by atoms with van der Waals surface area (Å²) in [5.41, 5.74) is -0.873. The van der Waals surface area contributed by atoms with Gasteiger partial charge in [-0.05, 0) is 24.1 Å². The van der Waals surface area contributed by atoms with Gasteiger partial charge in [-0.25, -0.2) is 0 Å². The molecule has 92 valence electrons. The molecule has 0 amide bonds. The molecule has 0 saturated heterocycles. The fourth-order valence-electron chi connectivity index (χ4n) is 1.96. The van der Waals surface area contributed by atoms with Gasteiger partial charge in [0.25, 0.3) is 5.69 Å². The maximum absolute atomic E-state index is 12.8. The van der Waals surface area contributed by atoms with Crippen LogP contribution >= 0.6 is 0 Å². The van der Waals surface area contributed by atoms with Gasteiger partial charge < -0.3 is 5.32 Å². The monoisotopic (exact) mass is 246 g/mol. The Morgan fingerprint density at radius 1 is 1.35 bits per heavy atom. The predicted molar refractivity (Wildman–Crippen MR) is 53.5 cm³/mol. The lowest BCUT2D eigenvalue weighted by molar-refractivity contribution is -0.385. The molecular formula is C10H9F3N2O2. The van der Waals surface area contributed by atoms with E-state index in [-0.39, 0.29) is 18.5 Å². The van der Waals surface area contributed by atoms with E-state index in [0.29, 0.717) is 18.2 Å². The van der Waals surface area contributed by atoms with Gasteiger partial charge in [0.15, 0.2) is 0 Å². The van der Waals surface area contributed by atoms with Crippen LogP contribution in [0.25, 0.3) is 0 Å². The van der Waals surface area contributed by atoms with Crippen molar-refractivity contribution in [3.8, 4) is 0 Å². The molecule has 1 heterocycles. The third-order valence-electron chi connectivity index (χ3n) is 2.71. The third-order valence-corrected chi connectivity index (χ3v) is 2.71. The van der Waals surface area contributed by atoms with E-state index < -0.39 is 22.4 Å². The highest BCUT2D eigenvalue weighted by molar-refractivity contribution is 5.48. The molecule has 0 bridgehead atoms. The molecule has 0 atom stereocenters. The van der Waals surface area contributed by atoms with Gasteiger partial charge >= 0.3 is 6.18 Å². The molecule has 2 rings (SSSR count). The lowest BCUT2D eigenvalue weighted by Gasteiger charge is -2.21. The number of nitro groups is 1. The number of non-ortho nitro benzene ring substituents is 1. The molecule has 1 aliphatic rings. The van der Waals surface area contributed by atoms with Crippen molar-refractivity contribution < 1.29 is 18.1 Å². The number of benzene rings is 1. The van der Waals surface area contributed by atoms with Gasteiger partial charge in [-0.1, -0.05) is 0 Å². The molecule has 17 heavy (non-hydrogen) atoms. The molecular weight excluding hydrogens is 237 g/mol. The number of nitro benzene ring substituents is 1. The molecule has 1 aliphatic heterocycles. The number of rotatable bonds is 1. The zero-order chi connectivity index (χ0) is 12.6. The molecule has 1 aromatic carbocycles. The van der Waals surface area contributed by atoms with E-state index >= 15 is 0 Å². The van der Waals surface area contributed by atoms with E-state index in [1.807, 2.05) is 0 Å². The van der Waals surface area contributed by atoms with Crippen LogP contribution in [0.5, 0.6) is 0 Å². The van der Waals surface area contributed by atoms with Gasteiger partial charge in [-0.2, -0.15) is 13.2 Å². The van der Waals surface area contributed by atoms with Crippen molar-refractivity contribution in [1.82, 2.24) is 5.32 Å². The highest BCUT2D eigenvalue weighted by atomic mass is 19.4. The first-order valence-electron chi connectivity index (χ1n) is 4.97. The van der Waals surface area contributed by atoms with Crippen LogP contribution in [0.4, 0.5) is 18.9 Å². The molecule has 7 heteroatoms. The number of hydrogen-bond acceptors (Lipinski definition) is 3. The van der Waals surface area contributed by atoms with Crippen LogP contribution < -0.4 is 5.32 Å². The van der Waals surface area contributed by atoms with Crippen molar-refractivity contribution in [3.63, 3.8) is 0 Å². The molecule has 0 unspecified atom stereocenters. The average Bonchev–Trinajstić information content (AvgIpc) is 2.26. The number of nitrogens with zero attached hydrogens (tertiary/aromatic N) is 1. The molecule has 1 N–H and O–H groups in total. The Hall–Kier alpha value is -1.63. The maximum atomic E-state index is 12.8. The molecule has 0 saturated carbocycles. The number of hydrogen-bond donors (Lipinski definition) is 1. The largest absolute Gasteiger partial charge is 0.416 e. The van der Waals surface area contributed by atoms with E-state index in [9.17, 15) is 23.3 Å². The van der Waals surface area contributed by atoms with E-state index in [1.54, 1.807) is 0 Å². The van der Waals surface area contributed by atoms with Crippen LogP contribution in [0.3, 0.4) is 0 Å². The molecule has 0 spiro atoms. The number of alkyl halides is 3. The van der Waals surface area contributed by atoms with E-state index in [1.165, 1.54) is 6.07 Å². The second-order valence-electron chi connectivity index (χ2n) is 3.81. The Kier molecular flexibility index (Phi) is 2.78. The summed E-state index contributed by atoms with van der Waals surface area (Å²) in [6, 6.07) is 1.82. The summed E-state index contributed by atoms with van der Waals surface area (Å²) in [6.07, 6.45) is -4.31. The predicted octanol–water partition coefficient (Wildman–Crippen LogP) is 2.26. The van der Waals surface area contributed by atoms with Crippen molar-refractivity contribution in [2.45, 2.75) is 19.1 Å². The van der Waals surface area contributed by atoms with Crippen LogP contribution in [0, 0.1) is 10.1 Å². The lowest BCUT2D eigenvalue weighted by Crippen LogP contribution is -2.26. The second kappa shape index (κ2) is 3.99. The second-order valence-corrected chi connectivity index (χ2v) is 3.81. The number of fused-ring (bicyclic) bond motifs is 1. The minimum atomic E-state index is -4.55. The summed E-state index contributed by atoms with van der Waals surface area (Å²) >= 11 is 0. The van der Waals surface area contributed by atoms with Crippen LogP contribution in [0.2, 0.25) is 0 Å². The Bertz CT molecular complexity index is 471. The molecule has 0 fully saturated rings. The highest BCUT2D eigenvalue weighted by Crippen LogP contribution is 2.37. The zero-order valence-corrected chi connectivity index (χ0v) is 8.67. The van der Waals surface area contributed by atoms with Crippen LogP contribution in [-0.4, -0.2) is 11.5 Å².